The van der Waals surface area contributed by atoms with Crippen LogP contribution in [-0.2, 0) is 4.79 Å². The third-order valence-electron chi connectivity index (χ3n) is 8.91. The lowest BCUT2D eigenvalue weighted by atomic mass is 9.61. The van der Waals surface area contributed by atoms with Crippen LogP contribution in [0.2, 0.25) is 0 Å². The molecular weight excluding hydrogens is 436 g/mol. The minimum atomic E-state index is -1.28. The lowest BCUT2D eigenvalue weighted by Crippen LogP contribution is -2.36. The molecule has 2 saturated carbocycles. The molecule has 3 aliphatic rings. The van der Waals surface area contributed by atoms with Gasteiger partial charge in [-0.1, -0.05) is 43.6 Å². The highest BCUT2D eigenvalue weighted by Crippen LogP contribution is 2.57. The maximum atomic E-state index is 12.6. The Balaban J connectivity index is 1.76. The second-order valence-electron chi connectivity index (χ2n) is 13.0. The summed E-state index contributed by atoms with van der Waals surface area (Å²) in [7, 11) is 0. The molecule has 4 nitrogen and oxygen atoms in total. The van der Waals surface area contributed by atoms with E-state index in [1.54, 1.807) is 13.8 Å². The number of carbonyl (C=O) groups is 1. The zero-order valence-electron chi connectivity index (χ0n) is 22.9. The van der Waals surface area contributed by atoms with Gasteiger partial charge in [0, 0.05) is 6.42 Å². The number of hydrogen-bond donors (Lipinski definition) is 3. The van der Waals surface area contributed by atoms with Crippen LogP contribution >= 0.6 is 0 Å². The zero-order valence-corrected chi connectivity index (χ0v) is 22.9. The normalized spacial score (nSPS) is 30.9. The summed E-state index contributed by atoms with van der Waals surface area (Å²) in [6.07, 6.45) is 19.2. The van der Waals surface area contributed by atoms with Gasteiger partial charge in [-0.3, -0.25) is 4.79 Å². The molecule has 0 saturated heterocycles. The Morgan fingerprint density at radius 3 is 2.54 bits per heavy atom. The molecule has 0 bridgehead atoms. The predicted octanol–water partition coefficient (Wildman–Crippen LogP) is 6.59. The van der Waals surface area contributed by atoms with Crippen LogP contribution in [0.4, 0.5) is 0 Å². The second kappa shape index (κ2) is 11.4. The summed E-state index contributed by atoms with van der Waals surface area (Å²) in [5.74, 6) is 0.808. The molecule has 0 spiro atoms. The number of hydrogen-bond acceptors (Lipinski definition) is 4. The first-order chi connectivity index (χ1) is 16.3. The van der Waals surface area contributed by atoms with Gasteiger partial charge in [0.1, 0.15) is 5.60 Å². The monoisotopic (exact) mass is 486 g/mol. The predicted molar refractivity (Wildman–Crippen MR) is 143 cm³/mol. The van der Waals surface area contributed by atoms with E-state index < -0.39 is 11.2 Å². The lowest BCUT2D eigenvalue weighted by molar-refractivity contribution is -0.134. The van der Waals surface area contributed by atoms with Gasteiger partial charge in [0.25, 0.3) is 0 Å². The van der Waals surface area contributed by atoms with Crippen LogP contribution in [-0.4, -0.2) is 38.4 Å². The number of ketones is 1. The van der Waals surface area contributed by atoms with Crippen molar-refractivity contribution < 1.29 is 20.1 Å². The van der Waals surface area contributed by atoms with E-state index in [4.69, 9.17) is 0 Å². The average Bonchev–Trinajstić information content (AvgIpc) is 3.10. The van der Waals surface area contributed by atoms with E-state index in [-0.39, 0.29) is 17.3 Å². The number of aliphatic hydroxyl groups excluding tert-OH is 1. The van der Waals surface area contributed by atoms with Crippen molar-refractivity contribution in [3.63, 3.8) is 0 Å². The van der Waals surface area contributed by atoms with Crippen LogP contribution in [0.3, 0.4) is 0 Å². The number of allylic oxidation sites excluding steroid dienone is 5. The summed E-state index contributed by atoms with van der Waals surface area (Å²) in [4.78, 5) is 12.6. The van der Waals surface area contributed by atoms with Gasteiger partial charge in [0.2, 0.25) is 0 Å². The van der Waals surface area contributed by atoms with Crippen LogP contribution in [0.5, 0.6) is 0 Å². The topological polar surface area (TPSA) is 77.8 Å². The molecule has 4 unspecified atom stereocenters. The van der Waals surface area contributed by atoms with Gasteiger partial charge in [-0.25, -0.2) is 0 Å². The molecule has 0 aliphatic heterocycles. The number of rotatable bonds is 10. The van der Waals surface area contributed by atoms with E-state index in [2.05, 4.69) is 25.2 Å². The van der Waals surface area contributed by atoms with Crippen molar-refractivity contribution in [1.29, 1.82) is 0 Å². The molecule has 4 atom stereocenters. The molecule has 0 aromatic rings. The van der Waals surface area contributed by atoms with Gasteiger partial charge in [0.15, 0.2) is 5.78 Å². The van der Waals surface area contributed by atoms with E-state index >= 15 is 0 Å². The summed E-state index contributed by atoms with van der Waals surface area (Å²) < 4.78 is 0. The van der Waals surface area contributed by atoms with Gasteiger partial charge >= 0.3 is 0 Å². The van der Waals surface area contributed by atoms with Crippen molar-refractivity contribution in [3.05, 3.63) is 34.9 Å². The Labute approximate surface area is 213 Å². The van der Waals surface area contributed by atoms with Crippen molar-refractivity contribution in [1.82, 2.24) is 0 Å². The Hall–Kier alpha value is -1.23. The van der Waals surface area contributed by atoms with Crippen molar-refractivity contribution in [2.45, 2.75) is 135 Å². The largest absolute Gasteiger partial charge is 0.393 e. The average molecular weight is 487 g/mol. The molecule has 3 rings (SSSR count). The van der Waals surface area contributed by atoms with Gasteiger partial charge in [-0.15, -0.1) is 0 Å². The maximum Gasteiger partial charge on any atom is 0.163 e. The molecule has 0 amide bonds. The van der Waals surface area contributed by atoms with Crippen LogP contribution in [0.1, 0.15) is 118 Å². The first-order valence-corrected chi connectivity index (χ1v) is 14.1. The minimum Gasteiger partial charge on any atom is -0.393 e. The van der Waals surface area contributed by atoms with Crippen molar-refractivity contribution in [2.24, 2.45) is 17.3 Å². The van der Waals surface area contributed by atoms with Crippen molar-refractivity contribution >= 4 is 5.78 Å². The summed E-state index contributed by atoms with van der Waals surface area (Å²) in [5, 5.41) is 30.5. The molecule has 198 valence electrons. The summed E-state index contributed by atoms with van der Waals surface area (Å²) in [6, 6.07) is 0. The number of aliphatic hydroxyl groups is 3. The van der Waals surface area contributed by atoms with Gasteiger partial charge < -0.3 is 15.3 Å². The third kappa shape index (κ3) is 7.63. The first kappa shape index (κ1) is 28.3. The molecule has 35 heavy (non-hydrogen) atoms. The van der Waals surface area contributed by atoms with E-state index in [9.17, 15) is 20.1 Å². The smallest absolute Gasteiger partial charge is 0.163 e. The van der Waals surface area contributed by atoms with Crippen molar-refractivity contribution in [2.75, 3.05) is 0 Å². The highest BCUT2D eigenvalue weighted by atomic mass is 16.3. The quantitative estimate of drug-likeness (QED) is 0.325. The molecule has 0 aromatic carbocycles. The van der Waals surface area contributed by atoms with E-state index in [1.165, 1.54) is 29.6 Å². The maximum absolute atomic E-state index is 12.6. The molecular formula is C31H50O4. The molecule has 0 aromatic heterocycles. The highest BCUT2D eigenvalue weighted by Gasteiger charge is 2.47. The molecule has 0 heterocycles. The Morgan fingerprint density at radius 2 is 1.89 bits per heavy atom. The van der Waals surface area contributed by atoms with Crippen LogP contribution in [0.15, 0.2) is 34.9 Å². The molecule has 3 aliphatic carbocycles. The summed E-state index contributed by atoms with van der Waals surface area (Å²) >= 11 is 0. The van der Waals surface area contributed by atoms with Crippen molar-refractivity contribution in [3.8, 4) is 0 Å². The number of Topliss-reactive ketones (excluding diaryl/α,β-unsaturated/α-hetero) is 1. The van der Waals surface area contributed by atoms with Crippen LogP contribution in [0.25, 0.3) is 0 Å². The number of fused-ring (bicyclic) bond motifs is 1. The summed E-state index contributed by atoms with van der Waals surface area (Å²) in [5.41, 5.74) is 2.50. The fraction of sp³-hybridized carbons (Fsp3) is 0.774. The third-order valence-corrected chi connectivity index (χ3v) is 8.91. The highest BCUT2D eigenvalue weighted by molar-refractivity contribution is 5.86. The summed E-state index contributed by atoms with van der Waals surface area (Å²) in [6.45, 7) is 9.35. The molecule has 4 heteroatoms. The fourth-order valence-corrected chi connectivity index (χ4v) is 6.83. The Kier molecular flexibility index (Phi) is 9.26. The second-order valence-corrected chi connectivity index (χ2v) is 13.0. The molecule has 3 N–H and O–H groups in total. The van der Waals surface area contributed by atoms with E-state index in [1.807, 2.05) is 13.8 Å². The molecule has 2 fully saturated rings. The first-order valence-electron chi connectivity index (χ1n) is 14.1. The van der Waals surface area contributed by atoms with E-state index in [0.29, 0.717) is 18.3 Å². The number of carbonyl (C=O) groups excluding carboxylic acids is 1. The standard InChI is InChI=1S/C31H50O4/c1-29(2,34)19-7-10-24(15-18-28(33)30(3,4)35)27-17-16-26-23(11-8-20-31(26,27)5)14-13-22-9-6-12-25(32)21-22/h13-14,16,24-25,27,32,34-35H,6-12,15,17-21H2,1-5H3/b22-13-,23-14+. The van der Waals surface area contributed by atoms with Gasteiger partial charge in [0.05, 0.1) is 11.7 Å². The molecule has 0 radical (unpaired) electrons. The lowest BCUT2D eigenvalue weighted by Gasteiger charge is -2.43. The Morgan fingerprint density at radius 1 is 1.14 bits per heavy atom. The Bertz CT molecular complexity index is 835. The zero-order chi connectivity index (χ0) is 25.9. The van der Waals surface area contributed by atoms with Gasteiger partial charge in [-0.2, -0.15) is 0 Å². The van der Waals surface area contributed by atoms with Crippen LogP contribution in [0, 0.1) is 17.3 Å². The SMILES string of the molecule is CC(C)(O)CCCC(CCC(=O)C(C)(C)O)C1CC=C2/C(=C/C=C3/CCCC(O)C3)CCCC21C. The fourth-order valence-electron chi connectivity index (χ4n) is 6.83. The minimum absolute atomic E-state index is 0.0770. The van der Waals surface area contributed by atoms with Gasteiger partial charge in [-0.05, 0) is 120 Å². The van der Waals surface area contributed by atoms with E-state index in [0.717, 1.165) is 64.2 Å². The van der Waals surface area contributed by atoms with Crippen LogP contribution < -0.4 is 0 Å².